The molecule has 0 saturated carbocycles. The maximum atomic E-state index is 12.5. The van der Waals surface area contributed by atoms with Crippen LogP contribution >= 0.6 is 0 Å². The van der Waals surface area contributed by atoms with Crippen molar-refractivity contribution in [2.24, 2.45) is 5.10 Å². The Hall–Kier alpha value is -3.45. The van der Waals surface area contributed by atoms with Crippen LogP contribution in [0.15, 0.2) is 71.3 Å². The molecule has 1 aliphatic rings. The topological polar surface area (TPSA) is 94.0 Å². The second kappa shape index (κ2) is 7.62. The van der Waals surface area contributed by atoms with Crippen LogP contribution in [0.4, 0.5) is 5.69 Å². The van der Waals surface area contributed by atoms with E-state index in [-0.39, 0.29) is 23.8 Å². The van der Waals surface area contributed by atoms with Gasteiger partial charge in [-0.25, -0.2) is 5.43 Å². The number of carbonyl (C=O) groups is 2. The zero-order valence-electron chi connectivity index (χ0n) is 14.1. The monoisotopic (exact) mass is 350 g/mol. The lowest BCUT2D eigenvalue weighted by molar-refractivity contribution is -0.114. The van der Waals surface area contributed by atoms with E-state index in [1.54, 1.807) is 25.1 Å². The Balaban J connectivity index is 1.59. The minimum atomic E-state index is -0.462. The lowest BCUT2D eigenvalue weighted by Gasteiger charge is -2.11. The van der Waals surface area contributed by atoms with E-state index in [9.17, 15) is 14.7 Å². The Bertz CT molecular complexity index is 891. The van der Waals surface area contributed by atoms with E-state index in [1.165, 1.54) is 17.1 Å². The van der Waals surface area contributed by atoms with Crippen LogP contribution < -0.4 is 15.9 Å². The molecule has 0 saturated heterocycles. The zero-order valence-corrected chi connectivity index (χ0v) is 14.1. The molecule has 1 heterocycles. The third-order valence-electron chi connectivity index (χ3n) is 3.82. The summed E-state index contributed by atoms with van der Waals surface area (Å²) >= 11 is 0. The minimum Gasteiger partial charge on any atom is -0.507 e. The molecule has 0 aromatic heterocycles. The van der Waals surface area contributed by atoms with E-state index in [1.807, 2.05) is 30.3 Å². The average Bonchev–Trinajstić information content (AvgIpc) is 2.94. The van der Waals surface area contributed by atoms with Gasteiger partial charge in [-0.05, 0) is 31.2 Å². The molecule has 0 spiro atoms. The van der Waals surface area contributed by atoms with E-state index in [4.69, 9.17) is 0 Å². The first-order valence-electron chi connectivity index (χ1n) is 8.04. The molecule has 7 nitrogen and oxygen atoms in total. The summed E-state index contributed by atoms with van der Waals surface area (Å²) in [5.41, 5.74) is 7.13. The molecule has 3 N–H and O–H groups in total. The summed E-state index contributed by atoms with van der Waals surface area (Å²) in [5.74, 6) is -0.782. The number of nitrogens with zero attached hydrogens (tertiary/aromatic N) is 2. The molecule has 0 atom stereocenters. The van der Waals surface area contributed by atoms with Crippen molar-refractivity contribution in [2.45, 2.75) is 6.92 Å². The second-order valence-corrected chi connectivity index (χ2v) is 5.61. The largest absolute Gasteiger partial charge is 0.507 e. The summed E-state index contributed by atoms with van der Waals surface area (Å²) in [6.07, 6.45) is 1.66. The first kappa shape index (κ1) is 17.4. The Morgan fingerprint density at radius 2 is 1.85 bits per heavy atom. The number of hydrogen-bond donors (Lipinski definition) is 3. The first-order valence-corrected chi connectivity index (χ1v) is 8.04. The number of nitrogens with one attached hydrogen (secondary N) is 2. The van der Waals surface area contributed by atoms with Gasteiger partial charge in [-0.2, -0.15) is 10.1 Å². The number of hydrazone groups is 1. The third-order valence-corrected chi connectivity index (χ3v) is 3.82. The summed E-state index contributed by atoms with van der Waals surface area (Å²) in [6, 6.07) is 15.4. The highest BCUT2D eigenvalue weighted by molar-refractivity contribution is 6.29. The predicted octanol–water partition coefficient (Wildman–Crippen LogP) is 1.98. The number of anilines is 1. The minimum absolute atomic E-state index is 0.0994. The number of phenolic OH excluding ortho intramolecular Hbond substituents is 1. The van der Waals surface area contributed by atoms with Crippen LogP contribution in [0.3, 0.4) is 0 Å². The van der Waals surface area contributed by atoms with E-state index in [0.29, 0.717) is 17.0 Å². The van der Waals surface area contributed by atoms with Gasteiger partial charge in [0.05, 0.1) is 22.5 Å². The maximum Gasteiger partial charge on any atom is 0.280 e. The SMILES string of the molecule is CC1=NN(c2ccccc2)C(=O)C1=CCNNC(=O)c1ccccc1O. The summed E-state index contributed by atoms with van der Waals surface area (Å²) in [6.45, 7) is 1.99. The second-order valence-electron chi connectivity index (χ2n) is 5.61. The highest BCUT2D eigenvalue weighted by atomic mass is 16.3. The number of para-hydroxylation sites is 2. The van der Waals surface area contributed by atoms with Crippen molar-refractivity contribution in [3.05, 3.63) is 71.8 Å². The van der Waals surface area contributed by atoms with Crippen molar-refractivity contribution in [3.8, 4) is 5.75 Å². The highest BCUT2D eigenvalue weighted by Gasteiger charge is 2.28. The predicted molar refractivity (Wildman–Crippen MR) is 98.7 cm³/mol. The summed E-state index contributed by atoms with van der Waals surface area (Å²) in [4.78, 5) is 24.5. The van der Waals surface area contributed by atoms with E-state index in [2.05, 4.69) is 16.0 Å². The fraction of sp³-hybridized carbons (Fsp3) is 0.105. The highest BCUT2D eigenvalue weighted by Crippen LogP contribution is 2.22. The zero-order chi connectivity index (χ0) is 18.5. The average molecular weight is 350 g/mol. The standard InChI is InChI=1S/C19H18N4O3/c1-13-15(19(26)23(22-13)14-7-3-2-4-8-14)11-12-20-21-18(25)16-9-5-6-10-17(16)24/h2-11,20,24H,12H2,1H3,(H,21,25). The quantitative estimate of drug-likeness (QED) is 0.437. The fourth-order valence-corrected chi connectivity index (χ4v) is 2.51. The van der Waals surface area contributed by atoms with E-state index in [0.717, 1.165) is 0 Å². The molecule has 2 aromatic carbocycles. The number of hydrazine groups is 1. The van der Waals surface area contributed by atoms with Crippen molar-refractivity contribution in [1.29, 1.82) is 0 Å². The molecule has 0 fully saturated rings. The van der Waals surface area contributed by atoms with Crippen molar-refractivity contribution in [3.63, 3.8) is 0 Å². The molecule has 1 aliphatic heterocycles. The van der Waals surface area contributed by atoms with Crippen LogP contribution in [-0.4, -0.2) is 29.2 Å². The molecule has 0 radical (unpaired) electrons. The van der Waals surface area contributed by atoms with Crippen LogP contribution in [0.5, 0.6) is 5.75 Å². The molecule has 132 valence electrons. The van der Waals surface area contributed by atoms with Gasteiger partial charge < -0.3 is 5.11 Å². The summed E-state index contributed by atoms with van der Waals surface area (Å²) in [7, 11) is 0. The fourth-order valence-electron chi connectivity index (χ4n) is 2.51. The van der Waals surface area contributed by atoms with Gasteiger partial charge in [-0.3, -0.25) is 15.0 Å². The normalized spacial score (nSPS) is 15.3. The molecule has 2 aromatic rings. The number of rotatable bonds is 5. The number of carbonyl (C=O) groups excluding carboxylic acids is 2. The molecule has 0 bridgehead atoms. The molecule has 7 heteroatoms. The van der Waals surface area contributed by atoms with Crippen molar-refractivity contribution in [1.82, 2.24) is 10.9 Å². The van der Waals surface area contributed by atoms with Crippen LogP contribution in [0.25, 0.3) is 0 Å². The lowest BCUT2D eigenvalue weighted by Crippen LogP contribution is -2.37. The van der Waals surface area contributed by atoms with Crippen LogP contribution in [-0.2, 0) is 4.79 Å². The van der Waals surface area contributed by atoms with E-state index < -0.39 is 5.91 Å². The summed E-state index contributed by atoms with van der Waals surface area (Å²) in [5, 5.41) is 15.3. The molecule has 2 amide bonds. The third kappa shape index (κ3) is 3.62. The van der Waals surface area contributed by atoms with Crippen LogP contribution in [0.1, 0.15) is 17.3 Å². The number of hydrogen-bond acceptors (Lipinski definition) is 5. The van der Waals surface area contributed by atoms with Crippen molar-refractivity contribution < 1.29 is 14.7 Å². The molecule has 3 rings (SSSR count). The maximum absolute atomic E-state index is 12.5. The molecule has 26 heavy (non-hydrogen) atoms. The molecular weight excluding hydrogens is 332 g/mol. The Morgan fingerprint density at radius 1 is 1.15 bits per heavy atom. The Kier molecular flexibility index (Phi) is 5.09. The van der Waals surface area contributed by atoms with Gasteiger partial charge >= 0.3 is 0 Å². The lowest BCUT2D eigenvalue weighted by atomic mass is 10.1. The smallest absolute Gasteiger partial charge is 0.280 e. The number of benzene rings is 2. The Morgan fingerprint density at radius 3 is 2.58 bits per heavy atom. The van der Waals surface area contributed by atoms with Gasteiger partial charge in [0.1, 0.15) is 5.75 Å². The Labute approximate surface area is 150 Å². The van der Waals surface area contributed by atoms with Gasteiger partial charge in [-0.15, -0.1) is 0 Å². The molecular formula is C19H18N4O3. The van der Waals surface area contributed by atoms with Gasteiger partial charge in [-0.1, -0.05) is 36.4 Å². The van der Waals surface area contributed by atoms with Crippen LogP contribution in [0, 0.1) is 0 Å². The number of amides is 2. The molecule has 0 unspecified atom stereocenters. The van der Waals surface area contributed by atoms with Crippen molar-refractivity contribution >= 4 is 23.2 Å². The number of aromatic hydroxyl groups is 1. The van der Waals surface area contributed by atoms with Crippen molar-refractivity contribution in [2.75, 3.05) is 11.6 Å². The van der Waals surface area contributed by atoms with Crippen LogP contribution in [0.2, 0.25) is 0 Å². The number of phenols is 1. The van der Waals surface area contributed by atoms with Gasteiger partial charge in [0, 0.05) is 6.54 Å². The van der Waals surface area contributed by atoms with Gasteiger partial charge in [0.2, 0.25) is 0 Å². The van der Waals surface area contributed by atoms with E-state index >= 15 is 0 Å². The van der Waals surface area contributed by atoms with Gasteiger partial charge in [0.25, 0.3) is 11.8 Å². The molecule has 0 aliphatic carbocycles. The van der Waals surface area contributed by atoms with Gasteiger partial charge in [0.15, 0.2) is 0 Å². The first-order chi connectivity index (χ1) is 12.6. The summed E-state index contributed by atoms with van der Waals surface area (Å²) < 4.78 is 0.